The third-order valence-corrected chi connectivity index (χ3v) is 2.11. The van der Waals surface area contributed by atoms with E-state index in [4.69, 9.17) is 4.74 Å². The van der Waals surface area contributed by atoms with Gasteiger partial charge in [0, 0.05) is 18.2 Å². The number of anilines is 1. The predicted octanol–water partition coefficient (Wildman–Crippen LogP) is 1.46. The molecule has 0 fully saturated rings. The Morgan fingerprint density at radius 3 is 2.47 bits per heavy atom. The molecule has 0 bridgehead atoms. The molecule has 0 aliphatic carbocycles. The molecule has 1 aliphatic rings. The van der Waals surface area contributed by atoms with Crippen LogP contribution in [-0.4, -0.2) is 17.8 Å². The molecule has 1 aromatic carbocycles. The molecular formula is C12H10N2O3. The third kappa shape index (κ3) is 2.39. The average molecular weight is 230 g/mol. The Morgan fingerprint density at radius 1 is 1.35 bits per heavy atom. The van der Waals surface area contributed by atoms with Gasteiger partial charge >= 0.3 is 5.97 Å². The van der Waals surface area contributed by atoms with Crippen LogP contribution in [0.3, 0.4) is 0 Å². The monoisotopic (exact) mass is 230 g/mol. The van der Waals surface area contributed by atoms with Gasteiger partial charge in [-0.1, -0.05) is 6.58 Å². The van der Waals surface area contributed by atoms with Gasteiger partial charge in [0.2, 0.25) is 11.8 Å². The van der Waals surface area contributed by atoms with Crippen molar-refractivity contribution in [3.63, 3.8) is 0 Å². The van der Waals surface area contributed by atoms with Crippen molar-refractivity contribution < 1.29 is 14.3 Å². The van der Waals surface area contributed by atoms with Gasteiger partial charge in [-0.3, -0.25) is 4.79 Å². The van der Waals surface area contributed by atoms with Crippen molar-refractivity contribution in [3.8, 4) is 0 Å². The van der Waals surface area contributed by atoms with E-state index in [1.54, 1.807) is 24.3 Å². The van der Waals surface area contributed by atoms with Gasteiger partial charge in [0.1, 0.15) is 5.70 Å². The summed E-state index contributed by atoms with van der Waals surface area (Å²) in [5, 5.41) is 2.64. The number of ether oxygens (including phenoxy) is 1. The maximum Gasteiger partial charge on any atom is 0.363 e. The van der Waals surface area contributed by atoms with Gasteiger partial charge < -0.3 is 10.1 Å². The van der Waals surface area contributed by atoms with Gasteiger partial charge in [0.15, 0.2) is 0 Å². The molecule has 5 nitrogen and oxygen atoms in total. The highest BCUT2D eigenvalue weighted by Crippen LogP contribution is 2.16. The summed E-state index contributed by atoms with van der Waals surface area (Å²) in [5.74, 6) is -0.448. The minimum Gasteiger partial charge on any atom is -0.402 e. The second-order valence-corrected chi connectivity index (χ2v) is 3.51. The lowest BCUT2D eigenvalue weighted by molar-refractivity contribution is -0.130. The van der Waals surface area contributed by atoms with Gasteiger partial charge in [-0.15, -0.1) is 0 Å². The maximum absolute atomic E-state index is 11.1. The van der Waals surface area contributed by atoms with Gasteiger partial charge in [0.05, 0.1) is 0 Å². The molecule has 0 atom stereocenters. The van der Waals surface area contributed by atoms with Crippen LogP contribution >= 0.6 is 0 Å². The van der Waals surface area contributed by atoms with E-state index in [9.17, 15) is 9.59 Å². The van der Waals surface area contributed by atoms with Crippen molar-refractivity contribution >= 4 is 23.5 Å². The van der Waals surface area contributed by atoms with Gasteiger partial charge in [-0.05, 0) is 24.3 Å². The molecule has 0 aromatic heterocycles. The fourth-order valence-corrected chi connectivity index (χ4v) is 1.36. The highest BCUT2D eigenvalue weighted by molar-refractivity contribution is 6.10. The molecule has 1 amide bonds. The summed E-state index contributed by atoms with van der Waals surface area (Å²) in [4.78, 5) is 25.8. The molecule has 0 radical (unpaired) electrons. The van der Waals surface area contributed by atoms with Gasteiger partial charge in [0.25, 0.3) is 0 Å². The average Bonchev–Trinajstić information content (AvgIpc) is 2.59. The summed E-state index contributed by atoms with van der Waals surface area (Å²) in [6, 6.07) is 6.81. The highest BCUT2D eigenvalue weighted by atomic mass is 16.6. The summed E-state index contributed by atoms with van der Waals surface area (Å²) in [6.07, 6.45) is 0. The van der Waals surface area contributed by atoms with E-state index < -0.39 is 5.97 Å². The van der Waals surface area contributed by atoms with E-state index in [0.29, 0.717) is 11.3 Å². The quantitative estimate of drug-likeness (QED) is 0.617. The second kappa shape index (κ2) is 4.21. The topological polar surface area (TPSA) is 67.8 Å². The number of esters is 1. The maximum atomic E-state index is 11.1. The zero-order chi connectivity index (χ0) is 12.4. The normalized spacial score (nSPS) is 14.3. The van der Waals surface area contributed by atoms with Crippen molar-refractivity contribution in [2.45, 2.75) is 6.92 Å². The van der Waals surface area contributed by atoms with E-state index in [0.717, 1.165) is 0 Å². The van der Waals surface area contributed by atoms with Crippen LogP contribution in [0.25, 0.3) is 0 Å². The number of carbonyl (C=O) groups excluding carboxylic acids is 2. The Balaban J connectivity index is 2.19. The molecule has 1 aromatic rings. The minimum atomic E-state index is -0.536. The number of hydrogen-bond donors (Lipinski definition) is 1. The number of benzene rings is 1. The molecule has 86 valence electrons. The van der Waals surface area contributed by atoms with E-state index >= 15 is 0 Å². The van der Waals surface area contributed by atoms with Crippen LogP contribution in [0.1, 0.15) is 12.5 Å². The lowest BCUT2D eigenvalue weighted by Gasteiger charge is -2.03. The fraction of sp³-hybridized carbons (Fsp3) is 0.0833. The van der Waals surface area contributed by atoms with Crippen LogP contribution in [0.15, 0.2) is 41.5 Å². The van der Waals surface area contributed by atoms with E-state index in [2.05, 4.69) is 16.9 Å². The first-order valence-electron chi connectivity index (χ1n) is 4.94. The summed E-state index contributed by atoms with van der Waals surface area (Å²) < 4.78 is 4.90. The summed E-state index contributed by atoms with van der Waals surface area (Å²) >= 11 is 0. The van der Waals surface area contributed by atoms with Crippen LogP contribution in [-0.2, 0) is 14.3 Å². The van der Waals surface area contributed by atoms with Crippen LogP contribution < -0.4 is 5.32 Å². The first-order valence-corrected chi connectivity index (χ1v) is 4.94. The highest BCUT2D eigenvalue weighted by Gasteiger charge is 2.21. The Kier molecular flexibility index (Phi) is 2.74. The molecule has 0 saturated heterocycles. The van der Waals surface area contributed by atoms with Crippen molar-refractivity contribution in [1.29, 1.82) is 0 Å². The molecule has 0 saturated carbocycles. The van der Waals surface area contributed by atoms with Crippen LogP contribution in [0.2, 0.25) is 0 Å². The Bertz CT molecular complexity index is 529. The Hall–Kier alpha value is -2.43. The first kappa shape index (κ1) is 11.1. The number of nitrogens with zero attached hydrogens (tertiary/aromatic N) is 1. The number of aliphatic imine (C=N–C) groups is 1. The molecule has 1 N–H and O–H groups in total. The number of carbonyl (C=O) groups is 2. The Morgan fingerprint density at radius 2 is 2.00 bits per heavy atom. The summed E-state index contributed by atoms with van der Waals surface area (Å²) in [7, 11) is 0. The minimum absolute atomic E-state index is 0.0888. The molecule has 1 aliphatic heterocycles. The molecule has 0 spiro atoms. The lowest BCUT2D eigenvalue weighted by atomic mass is 10.2. The molecule has 0 unspecified atom stereocenters. The molecular weight excluding hydrogens is 220 g/mol. The van der Waals surface area contributed by atoms with Crippen LogP contribution in [0, 0.1) is 0 Å². The largest absolute Gasteiger partial charge is 0.402 e. The van der Waals surface area contributed by atoms with Crippen LogP contribution in [0.4, 0.5) is 5.69 Å². The zero-order valence-electron chi connectivity index (χ0n) is 9.19. The SMILES string of the molecule is C=C1N=C(c2ccc(NC(C)=O)cc2)OC1=O. The van der Waals surface area contributed by atoms with Crippen molar-refractivity contribution in [3.05, 3.63) is 42.1 Å². The third-order valence-electron chi connectivity index (χ3n) is 2.11. The summed E-state index contributed by atoms with van der Waals surface area (Å²) in [5.41, 5.74) is 1.42. The Labute approximate surface area is 97.8 Å². The lowest BCUT2D eigenvalue weighted by Crippen LogP contribution is -2.07. The molecule has 1 heterocycles. The van der Waals surface area contributed by atoms with E-state index in [-0.39, 0.29) is 17.5 Å². The van der Waals surface area contributed by atoms with Gasteiger partial charge in [-0.25, -0.2) is 9.79 Å². The predicted molar refractivity (Wildman–Crippen MR) is 62.5 cm³/mol. The number of amides is 1. The van der Waals surface area contributed by atoms with Gasteiger partial charge in [-0.2, -0.15) is 0 Å². The molecule has 5 heteroatoms. The van der Waals surface area contributed by atoms with E-state index in [1.807, 2.05) is 0 Å². The second-order valence-electron chi connectivity index (χ2n) is 3.51. The van der Waals surface area contributed by atoms with Crippen LogP contribution in [0.5, 0.6) is 0 Å². The van der Waals surface area contributed by atoms with Crippen molar-refractivity contribution in [1.82, 2.24) is 0 Å². The van der Waals surface area contributed by atoms with E-state index in [1.165, 1.54) is 6.92 Å². The molecule has 17 heavy (non-hydrogen) atoms. The summed E-state index contributed by atoms with van der Waals surface area (Å²) in [6.45, 7) is 4.88. The number of nitrogens with one attached hydrogen (secondary N) is 1. The van der Waals surface area contributed by atoms with Crippen molar-refractivity contribution in [2.24, 2.45) is 4.99 Å². The fourth-order valence-electron chi connectivity index (χ4n) is 1.36. The number of rotatable bonds is 2. The standard InChI is InChI=1S/C12H10N2O3/c1-7-12(16)17-11(13-7)9-3-5-10(6-4-9)14-8(2)15/h3-6H,1H2,2H3,(H,14,15). The number of hydrogen-bond acceptors (Lipinski definition) is 4. The zero-order valence-corrected chi connectivity index (χ0v) is 9.19. The molecule has 2 rings (SSSR count). The smallest absolute Gasteiger partial charge is 0.363 e. The number of cyclic esters (lactones) is 1. The first-order chi connectivity index (χ1) is 8.06. The van der Waals surface area contributed by atoms with Crippen molar-refractivity contribution in [2.75, 3.05) is 5.32 Å².